The van der Waals surface area contributed by atoms with Crippen molar-refractivity contribution >= 4 is 23.7 Å². The summed E-state index contributed by atoms with van der Waals surface area (Å²) in [5.74, 6) is 0.697. The van der Waals surface area contributed by atoms with Crippen LogP contribution in [-0.2, 0) is 11.4 Å². The number of nitrogens with one attached hydrogen (secondary N) is 1. The van der Waals surface area contributed by atoms with Gasteiger partial charge in [-0.25, -0.2) is 0 Å². The molecule has 0 unspecified atom stereocenters. The first-order valence-corrected chi connectivity index (χ1v) is 5.97. The number of carbonyl (C=O) groups excluding carboxylic acids is 1. The number of ether oxygens (including phenoxy) is 1. The molecule has 0 aliphatic heterocycles. The number of phenolic OH excluding ortho intramolecular Hbond substituents is 1. The quantitative estimate of drug-likeness (QED) is 0.825. The van der Waals surface area contributed by atoms with Crippen molar-refractivity contribution in [1.29, 1.82) is 0 Å². The maximum Gasteiger partial charge on any atom is 0.211 e. The van der Waals surface area contributed by atoms with Gasteiger partial charge in [-0.3, -0.25) is 4.79 Å². The molecular weight excluding hydrogens is 266 g/mol. The summed E-state index contributed by atoms with van der Waals surface area (Å²) in [4.78, 5) is 10.5. The Bertz CT molecular complexity index is 587. The Morgan fingerprint density at radius 2 is 2.11 bits per heavy atom. The van der Waals surface area contributed by atoms with Crippen molar-refractivity contribution in [2.75, 3.05) is 5.32 Å². The molecule has 0 radical (unpaired) electrons. The van der Waals surface area contributed by atoms with E-state index in [0.29, 0.717) is 22.9 Å². The first kappa shape index (κ1) is 13.2. The molecular formula is C14H12ClNO3. The van der Waals surface area contributed by atoms with Crippen LogP contribution < -0.4 is 10.1 Å². The highest BCUT2D eigenvalue weighted by molar-refractivity contribution is 6.31. The van der Waals surface area contributed by atoms with Gasteiger partial charge in [0, 0.05) is 5.02 Å². The second kappa shape index (κ2) is 6.11. The van der Waals surface area contributed by atoms with Crippen LogP contribution in [0.4, 0.5) is 5.69 Å². The fourth-order valence-corrected chi connectivity index (χ4v) is 1.78. The number of anilines is 1. The third kappa shape index (κ3) is 3.63. The Balaban J connectivity index is 2.12. The molecule has 0 atom stereocenters. The van der Waals surface area contributed by atoms with Crippen LogP contribution in [-0.4, -0.2) is 11.5 Å². The van der Waals surface area contributed by atoms with E-state index < -0.39 is 0 Å². The van der Waals surface area contributed by atoms with E-state index in [2.05, 4.69) is 5.32 Å². The number of aromatic hydroxyl groups is 1. The lowest BCUT2D eigenvalue weighted by atomic mass is 10.2. The summed E-state index contributed by atoms with van der Waals surface area (Å²) in [6, 6.07) is 11.7. The van der Waals surface area contributed by atoms with Crippen LogP contribution in [0.5, 0.6) is 11.5 Å². The van der Waals surface area contributed by atoms with Gasteiger partial charge < -0.3 is 15.2 Å². The summed E-state index contributed by atoms with van der Waals surface area (Å²) < 4.78 is 5.59. The van der Waals surface area contributed by atoms with Gasteiger partial charge in [-0.15, -0.1) is 0 Å². The molecule has 2 N–H and O–H groups in total. The number of benzene rings is 2. The maximum atomic E-state index is 10.5. The zero-order chi connectivity index (χ0) is 13.7. The van der Waals surface area contributed by atoms with Gasteiger partial charge in [0.05, 0.1) is 5.69 Å². The molecule has 98 valence electrons. The molecule has 0 spiro atoms. The van der Waals surface area contributed by atoms with Crippen molar-refractivity contribution in [2.24, 2.45) is 0 Å². The van der Waals surface area contributed by atoms with E-state index in [4.69, 9.17) is 16.3 Å². The van der Waals surface area contributed by atoms with Crippen molar-refractivity contribution in [3.05, 3.63) is 53.1 Å². The zero-order valence-corrected chi connectivity index (χ0v) is 10.7. The van der Waals surface area contributed by atoms with Gasteiger partial charge in [0.1, 0.15) is 18.1 Å². The van der Waals surface area contributed by atoms with Crippen molar-refractivity contribution < 1.29 is 14.6 Å². The highest BCUT2D eigenvalue weighted by Gasteiger charge is 2.05. The highest BCUT2D eigenvalue weighted by atomic mass is 35.5. The zero-order valence-electron chi connectivity index (χ0n) is 9.97. The largest absolute Gasteiger partial charge is 0.508 e. The molecule has 2 aromatic rings. The first-order chi connectivity index (χ1) is 9.19. The summed E-state index contributed by atoms with van der Waals surface area (Å²) in [6.07, 6.45) is 0.562. The fourth-order valence-electron chi connectivity index (χ4n) is 1.61. The standard InChI is InChI=1S/C14H12ClNO3/c15-11-4-5-14(13(7-11)16-9-17)19-8-10-2-1-3-12(18)6-10/h1-7,9,18H,8H2,(H,16,17). The van der Waals surface area contributed by atoms with E-state index in [1.807, 2.05) is 6.07 Å². The third-order valence-electron chi connectivity index (χ3n) is 2.46. The lowest BCUT2D eigenvalue weighted by Crippen LogP contribution is -2.00. The van der Waals surface area contributed by atoms with Gasteiger partial charge in [0.15, 0.2) is 0 Å². The number of hydrogen-bond donors (Lipinski definition) is 2. The number of phenols is 1. The van der Waals surface area contributed by atoms with Crippen LogP contribution in [0, 0.1) is 0 Å². The average molecular weight is 278 g/mol. The van der Waals surface area contributed by atoms with Gasteiger partial charge in [-0.1, -0.05) is 23.7 Å². The summed E-state index contributed by atoms with van der Waals surface area (Å²) in [5.41, 5.74) is 1.33. The van der Waals surface area contributed by atoms with E-state index in [0.717, 1.165) is 5.56 Å². The van der Waals surface area contributed by atoms with Crippen molar-refractivity contribution in [1.82, 2.24) is 0 Å². The van der Waals surface area contributed by atoms with Crippen LogP contribution in [0.1, 0.15) is 5.56 Å². The molecule has 0 fully saturated rings. The van der Waals surface area contributed by atoms with Crippen LogP contribution in [0.15, 0.2) is 42.5 Å². The molecule has 0 bridgehead atoms. The van der Waals surface area contributed by atoms with Gasteiger partial charge in [-0.05, 0) is 35.9 Å². The summed E-state index contributed by atoms with van der Waals surface area (Å²) in [5, 5.41) is 12.4. The van der Waals surface area contributed by atoms with Crippen LogP contribution in [0.2, 0.25) is 5.02 Å². The highest BCUT2D eigenvalue weighted by Crippen LogP contribution is 2.28. The fraction of sp³-hybridized carbons (Fsp3) is 0.0714. The smallest absolute Gasteiger partial charge is 0.211 e. The lowest BCUT2D eigenvalue weighted by molar-refractivity contribution is -0.105. The molecule has 0 saturated carbocycles. The number of rotatable bonds is 5. The normalized spacial score (nSPS) is 9.95. The van der Waals surface area contributed by atoms with Gasteiger partial charge >= 0.3 is 0 Å². The Kier molecular flexibility index (Phi) is 4.26. The van der Waals surface area contributed by atoms with Crippen LogP contribution in [0.3, 0.4) is 0 Å². The summed E-state index contributed by atoms with van der Waals surface area (Å²) in [7, 11) is 0. The second-order valence-corrected chi connectivity index (χ2v) is 4.30. The monoisotopic (exact) mass is 277 g/mol. The van der Waals surface area contributed by atoms with Gasteiger partial charge in [0.25, 0.3) is 0 Å². The van der Waals surface area contributed by atoms with E-state index in [-0.39, 0.29) is 12.4 Å². The van der Waals surface area contributed by atoms with Crippen LogP contribution in [0.25, 0.3) is 0 Å². The summed E-state index contributed by atoms with van der Waals surface area (Å²) >= 11 is 5.85. The van der Waals surface area contributed by atoms with Crippen molar-refractivity contribution in [3.63, 3.8) is 0 Å². The summed E-state index contributed by atoms with van der Waals surface area (Å²) in [6.45, 7) is 0.281. The van der Waals surface area contributed by atoms with E-state index in [1.165, 1.54) is 0 Å². The Morgan fingerprint density at radius 3 is 2.84 bits per heavy atom. The molecule has 0 heterocycles. The number of halogens is 1. The first-order valence-electron chi connectivity index (χ1n) is 5.59. The average Bonchev–Trinajstić information content (AvgIpc) is 2.38. The van der Waals surface area contributed by atoms with Gasteiger partial charge in [0.2, 0.25) is 6.41 Å². The number of amides is 1. The Labute approximate surface area is 115 Å². The molecule has 19 heavy (non-hydrogen) atoms. The minimum atomic E-state index is 0.184. The van der Waals surface area contributed by atoms with E-state index in [9.17, 15) is 9.90 Å². The predicted octanol–water partition coefficient (Wildman–Crippen LogP) is 3.19. The SMILES string of the molecule is O=CNc1cc(Cl)ccc1OCc1cccc(O)c1. The molecule has 0 aliphatic carbocycles. The molecule has 2 rings (SSSR count). The number of carbonyl (C=O) groups is 1. The van der Waals surface area contributed by atoms with E-state index >= 15 is 0 Å². The number of hydrogen-bond acceptors (Lipinski definition) is 3. The van der Waals surface area contributed by atoms with Gasteiger partial charge in [-0.2, -0.15) is 0 Å². The molecule has 1 amide bonds. The molecule has 5 heteroatoms. The Morgan fingerprint density at radius 1 is 1.26 bits per heavy atom. The lowest BCUT2D eigenvalue weighted by Gasteiger charge is -2.11. The molecule has 0 saturated heterocycles. The predicted molar refractivity (Wildman–Crippen MR) is 73.6 cm³/mol. The topological polar surface area (TPSA) is 58.6 Å². The van der Waals surface area contributed by atoms with E-state index in [1.54, 1.807) is 36.4 Å². The molecule has 4 nitrogen and oxygen atoms in total. The Hall–Kier alpha value is -2.20. The maximum absolute atomic E-state index is 10.5. The molecule has 0 aromatic heterocycles. The van der Waals surface area contributed by atoms with Crippen molar-refractivity contribution in [3.8, 4) is 11.5 Å². The van der Waals surface area contributed by atoms with Crippen molar-refractivity contribution in [2.45, 2.75) is 6.61 Å². The minimum Gasteiger partial charge on any atom is -0.508 e. The van der Waals surface area contributed by atoms with Crippen LogP contribution >= 0.6 is 11.6 Å². The second-order valence-electron chi connectivity index (χ2n) is 3.86. The molecule has 2 aromatic carbocycles. The minimum absolute atomic E-state index is 0.184. The third-order valence-corrected chi connectivity index (χ3v) is 2.70. The molecule has 0 aliphatic rings.